The molecule has 1 unspecified atom stereocenters. The number of carboxylic acids is 1. The summed E-state index contributed by atoms with van der Waals surface area (Å²) >= 11 is 0. The Morgan fingerprint density at radius 2 is 1.97 bits per heavy atom. The maximum atomic E-state index is 11.3. The number of aromatic nitrogens is 1. The van der Waals surface area contributed by atoms with Gasteiger partial charge in [-0.2, -0.15) is 0 Å². The summed E-state index contributed by atoms with van der Waals surface area (Å²) in [6, 6.07) is 11.8. The second-order valence-corrected chi connectivity index (χ2v) is 8.15. The molecule has 0 bridgehead atoms. The van der Waals surface area contributed by atoms with Crippen molar-refractivity contribution in [2.24, 2.45) is 0 Å². The average Bonchev–Trinajstić information content (AvgIpc) is 3.17. The molecule has 6 heteroatoms. The Morgan fingerprint density at radius 1 is 1.20 bits per heavy atom. The van der Waals surface area contributed by atoms with E-state index in [2.05, 4.69) is 40.9 Å². The molecule has 158 valence electrons. The molecule has 4 rings (SSSR count). The lowest BCUT2D eigenvalue weighted by Gasteiger charge is -2.31. The summed E-state index contributed by atoms with van der Waals surface area (Å²) in [7, 11) is 3.89. The summed E-state index contributed by atoms with van der Waals surface area (Å²) in [4.78, 5) is 19.5. The number of aromatic carboxylic acids is 1. The van der Waals surface area contributed by atoms with Crippen molar-refractivity contribution in [3.63, 3.8) is 0 Å². The highest BCUT2D eigenvalue weighted by molar-refractivity contribution is 5.88. The van der Waals surface area contributed by atoms with Gasteiger partial charge in [0.2, 0.25) is 0 Å². The number of methoxy groups -OCH3 is 1. The van der Waals surface area contributed by atoms with E-state index < -0.39 is 5.97 Å². The van der Waals surface area contributed by atoms with E-state index in [-0.39, 0.29) is 6.04 Å². The molecule has 3 aromatic rings. The summed E-state index contributed by atoms with van der Waals surface area (Å²) in [5.74, 6) is 0.0235. The van der Waals surface area contributed by atoms with Crippen molar-refractivity contribution in [3.05, 3.63) is 64.8 Å². The molecule has 0 aliphatic carbocycles. The van der Waals surface area contributed by atoms with Gasteiger partial charge in [0.05, 0.1) is 12.7 Å². The van der Waals surface area contributed by atoms with Gasteiger partial charge in [-0.1, -0.05) is 12.1 Å². The number of hydrogen-bond acceptors (Lipinski definition) is 4. The number of carbonyl (C=O) groups is 1. The van der Waals surface area contributed by atoms with E-state index >= 15 is 0 Å². The Bertz CT molecular complexity index is 1040. The predicted molar refractivity (Wildman–Crippen MR) is 118 cm³/mol. The van der Waals surface area contributed by atoms with Gasteiger partial charge < -0.3 is 19.7 Å². The van der Waals surface area contributed by atoms with Crippen LogP contribution in [0.25, 0.3) is 10.9 Å². The molecule has 0 amide bonds. The first-order valence-electron chi connectivity index (χ1n) is 10.4. The van der Waals surface area contributed by atoms with Crippen LogP contribution < -0.4 is 4.74 Å². The number of carboxylic acid groups (broad SMARTS) is 1. The van der Waals surface area contributed by atoms with Crippen LogP contribution in [0.2, 0.25) is 0 Å². The zero-order valence-electron chi connectivity index (χ0n) is 17.8. The first-order chi connectivity index (χ1) is 14.5. The van der Waals surface area contributed by atoms with E-state index in [1.807, 2.05) is 18.3 Å². The summed E-state index contributed by atoms with van der Waals surface area (Å²) < 4.78 is 5.76. The molecule has 1 fully saturated rings. The van der Waals surface area contributed by atoms with Gasteiger partial charge >= 0.3 is 5.97 Å². The van der Waals surface area contributed by atoms with Crippen molar-refractivity contribution in [2.45, 2.75) is 25.9 Å². The number of nitrogens with one attached hydrogen (secondary N) is 1. The number of aromatic amines is 1. The molecule has 1 atom stereocenters. The minimum Gasteiger partial charge on any atom is -0.496 e. The van der Waals surface area contributed by atoms with Crippen molar-refractivity contribution in [2.75, 3.05) is 33.8 Å². The number of hydrogen-bond donors (Lipinski definition) is 2. The van der Waals surface area contributed by atoms with Crippen molar-refractivity contribution in [1.29, 1.82) is 0 Å². The third-order valence-electron chi connectivity index (χ3n) is 6.23. The topological polar surface area (TPSA) is 68.8 Å². The van der Waals surface area contributed by atoms with Crippen LogP contribution in [0.4, 0.5) is 0 Å². The van der Waals surface area contributed by atoms with E-state index in [1.54, 1.807) is 19.2 Å². The highest BCUT2D eigenvalue weighted by Gasteiger charge is 2.26. The number of likely N-dealkylation sites (N-methyl/N-ethyl adjacent to an activating group) is 1. The largest absolute Gasteiger partial charge is 0.496 e. The van der Waals surface area contributed by atoms with Crippen molar-refractivity contribution in [1.82, 2.24) is 14.8 Å². The maximum absolute atomic E-state index is 11.3. The third kappa shape index (κ3) is 3.93. The molecule has 30 heavy (non-hydrogen) atoms. The Hall–Kier alpha value is -2.83. The van der Waals surface area contributed by atoms with Gasteiger partial charge in [0.15, 0.2) is 0 Å². The van der Waals surface area contributed by atoms with E-state index in [1.165, 1.54) is 16.5 Å². The Morgan fingerprint density at radius 3 is 2.67 bits per heavy atom. The number of nitrogens with zero attached hydrogens (tertiary/aromatic N) is 2. The highest BCUT2D eigenvalue weighted by atomic mass is 16.5. The van der Waals surface area contributed by atoms with Crippen LogP contribution in [-0.2, 0) is 6.54 Å². The molecule has 1 aliphatic heterocycles. The molecule has 2 heterocycles. The molecule has 1 saturated heterocycles. The van der Waals surface area contributed by atoms with E-state index in [4.69, 9.17) is 4.74 Å². The maximum Gasteiger partial charge on any atom is 0.335 e. The fourth-order valence-electron chi connectivity index (χ4n) is 4.49. The molecule has 2 aromatic carbocycles. The van der Waals surface area contributed by atoms with Crippen LogP contribution in [0.5, 0.6) is 5.75 Å². The fourth-order valence-corrected chi connectivity index (χ4v) is 4.49. The molecule has 1 aliphatic rings. The second kappa shape index (κ2) is 8.50. The van der Waals surface area contributed by atoms with Gasteiger partial charge in [-0.15, -0.1) is 0 Å². The molecular weight excluding hydrogens is 378 g/mol. The molecular formula is C24H29N3O3. The van der Waals surface area contributed by atoms with Crippen LogP contribution in [0.1, 0.15) is 39.5 Å². The molecule has 0 radical (unpaired) electrons. The highest BCUT2D eigenvalue weighted by Crippen LogP contribution is 2.35. The smallest absolute Gasteiger partial charge is 0.335 e. The van der Waals surface area contributed by atoms with E-state index in [0.29, 0.717) is 5.56 Å². The quantitative estimate of drug-likeness (QED) is 0.668. The Labute approximate surface area is 177 Å². The number of H-pyrrole nitrogens is 1. The van der Waals surface area contributed by atoms with Crippen LogP contribution >= 0.6 is 0 Å². The van der Waals surface area contributed by atoms with Gasteiger partial charge in [0.25, 0.3) is 0 Å². The SMILES string of the molecule is COc1cc(C)c2[nH]ccc2c1CN1CCN(C)CCC1c1ccc(C(=O)O)cc1. The standard InChI is InChI=1S/C24H29N3O3/c1-16-14-22(30-3)20(19-8-10-25-23(16)19)15-27-13-12-26(2)11-9-21(27)17-4-6-18(7-5-17)24(28)29/h4-8,10,14,21,25H,9,11-13,15H2,1-3H3,(H,28,29). The lowest BCUT2D eigenvalue weighted by Crippen LogP contribution is -2.31. The first-order valence-corrected chi connectivity index (χ1v) is 10.4. The number of aryl methyl sites for hydroxylation is 1. The molecule has 2 N–H and O–H groups in total. The van der Waals surface area contributed by atoms with Crippen LogP contribution in [0.15, 0.2) is 42.6 Å². The predicted octanol–water partition coefficient (Wildman–Crippen LogP) is 4.06. The van der Waals surface area contributed by atoms with Crippen LogP contribution in [0.3, 0.4) is 0 Å². The minimum atomic E-state index is -0.891. The minimum absolute atomic E-state index is 0.220. The van der Waals surface area contributed by atoms with Crippen LogP contribution in [0, 0.1) is 6.92 Å². The summed E-state index contributed by atoms with van der Waals surface area (Å²) in [6.07, 6.45) is 2.98. The van der Waals surface area contributed by atoms with Gasteiger partial charge in [0, 0.05) is 48.3 Å². The molecule has 0 saturated carbocycles. The Balaban J connectivity index is 1.71. The number of fused-ring (bicyclic) bond motifs is 1. The lowest BCUT2D eigenvalue weighted by atomic mass is 9.98. The van der Waals surface area contributed by atoms with E-state index in [0.717, 1.165) is 49.4 Å². The molecule has 1 aromatic heterocycles. The zero-order chi connectivity index (χ0) is 21.3. The van der Waals surface area contributed by atoms with Gasteiger partial charge in [-0.25, -0.2) is 4.79 Å². The number of rotatable bonds is 5. The lowest BCUT2D eigenvalue weighted by molar-refractivity contribution is 0.0697. The second-order valence-electron chi connectivity index (χ2n) is 8.15. The zero-order valence-corrected chi connectivity index (χ0v) is 17.8. The first kappa shape index (κ1) is 20.4. The van der Waals surface area contributed by atoms with Gasteiger partial charge in [-0.3, -0.25) is 4.90 Å². The Kier molecular flexibility index (Phi) is 5.79. The average molecular weight is 408 g/mol. The number of ether oxygens (including phenoxy) is 1. The van der Waals surface area contributed by atoms with Crippen molar-refractivity contribution < 1.29 is 14.6 Å². The summed E-state index contributed by atoms with van der Waals surface area (Å²) in [6.45, 7) is 5.81. The molecule has 6 nitrogen and oxygen atoms in total. The third-order valence-corrected chi connectivity index (χ3v) is 6.23. The van der Waals surface area contributed by atoms with E-state index in [9.17, 15) is 9.90 Å². The summed E-state index contributed by atoms with van der Waals surface area (Å²) in [5.41, 5.74) is 5.00. The fraction of sp³-hybridized carbons (Fsp3) is 0.375. The van der Waals surface area contributed by atoms with Crippen molar-refractivity contribution in [3.8, 4) is 5.75 Å². The van der Waals surface area contributed by atoms with Gasteiger partial charge in [-0.05, 0) is 62.3 Å². The monoisotopic (exact) mass is 407 g/mol. The van der Waals surface area contributed by atoms with Crippen molar-refractivity contribution >= 4 is 16.9 Å². The van der Waals surface area contributed by atoms with Crippen LogP contribution in [-0.4, -0.2) is 59.7 Å². The summed E-state index contributed by atoms with van der Waals surface area (Å²) in [5, 5.41) is 10.4. The van der Waals surface area contributed by atoms with Gasteiger partial charge in [0.1, 0.15) is 5.75 Å². The molecule has 0 spiro atoms. The normalized spacial score (nSPS) is 18.4. The number of benzene rings is 2.